The van der Waals surface area contributed by atoms with Gasteiger partial charge in [-0.05, 0) is 38.0 Å². The van der Waals surface area contributed by atoms with Gasteiger partial charge in [-0.1, -0.05) is 17.3 Å². The molecule has 0 bridgehead atoms. The Labute approximate surface area is 163 Å². The lowest BCUT2D eigenvalue weighted by molar-refractivity contribution is -0.136. The van der Waals surface area contributed by atoms with Crippen LogP contribution in [-0.2, 0) is 6.18 Å². The summed E-state index contributed by atoms with van der Waals surface area (Å²) in [5.74, 6) is -1.59. The topological polar surface area (TPSA) is 59.2 Å². The molecule has 152 valence electrons. The molecule has 1 atom stereocenters. The van der Waals surface area contributed by atoms with Crippen molar-refractivity contribution >= 4 is 17.0 Å². The van der Waals surface area contributed by atoms with Gasteiger partial charge in [-0.3, -0.25) is 4.79 Å². The number of rotatable bonds is 2. The molecule has 3 aromatic rings. The number of aryl methyl sites for hydroxylation is 1. The zero-order valence-corrected chi connectivity index (χ0v) is 15.5. The van der Waals surface area contributed by atoms with E-state index in [2.05, 4.69) is 10.1 Å². The van der Waals surface area contributed by atoms with E-state index in [1.807, 2.05) is 0 Å². The molecule has 5 nitrogen and oxygen atoms in total. The van der Waals surface area contributed by atoms with E-state index in [9.17, 15) is 22.4 Å². The Hall–Kier alpha value is -2.97. The van der Waals surface area contributed by atoms with Crippen molar-refractivity contribution in [3.63, 3.8) is 0 Å². The first-order valence-electron chi connectivity index (χ1n) is 9.13. The third kappa shape index (κ3) is 3.56. The summed E-state index contributed by atoms with van der Waals surface area (Å²) >= 11 is 0. The molecular formula is C20H17F4N3O2. The molecule has 29 heavy (non-hydrogen) atoms. The molecule has 1 aliphatic heterocycles. The van der Waals surface area contributed by atoms with Crippen molar-refractivity contribution in [3.05, 3.63) is 58.7 Å². The number of alkyl halides is 3. The van der Waals surface area contributed by atoms with Crippen LogP contribution in [0, 0.1) is 12.7 Å². The number of hydrogen-bond donors (Lipinski definition) is 0. The van der Waals surface area contributed by atoms with Crippen molar-refractivity contribution < 1.29 is 26.9 Å². The van der Waals surface area contributed by atoms with Gasteiger partial charge in [-0.15, -0.1) is 0 Å². The summed E-state index contributed by atoms with van der Waals surface area (Å²) < 4.78 is 59.9. The highest BCUT2D eigenvalue weighted by atomic mass is 19.4. The van der Waals surface area contributed by atoms with E-state index in [-0.39, 0.29) is 34.6 Å². The second-order valence-electron chi connectivity index (χ2n) is 7.13. The highest BCUT2D eigenvalue weighted by Crippen LogP contribution is 2.40. The van der Waals surface area contributed by atoms with Crippen molar-refractivity contribution in [2.45, 2.75) is 31.9 Å². The predicted octanol–water partition coefficient (Wildman–Crippen LogP) is 4.71. The number of fused-ring (bicyclic) bond motifs is 1. The molecule has 2 aromatic heterocycles. The molecule has 0 saturated carbocycles. The third-order valence-electron chi connectivity index (χ3n) is 5.11. The number of pyridine rings is 1. The molecule has 0 N–H and O–H groups in total. The van der Waals surface area contributed by atoms with Gasteiger partial charge in [0.05, 0.1) is 22.2 Å². The summed E-state index contributed by atoms with van der Waals surface area (Å²) in [6.45, 7) is 1.97. The van der Waals surface area contributed by atoms with Crippen LogP contribution in [0.3, 0.4) is 0 Å². The monoisotopic (exact) mass is 407 g/mol. The highest BCUT2D eigenvalue weighted by Gasteiger charge is 2.38. The van der Waals surface area contributed by atoms with Gasteiger partial charge >= 0.3 is 6.18 Å². The number of likely N-dealkylation sites (tertiary alicyclic amines) is 1. The average molecular weight is 407 g/mol. The van der Waals surface area contributed by atoms with Crippen molar-refractivity contribution in [2.75, 3.05) is 13.1 Å². The lowest BCUT2D eigenvalue weighted by Crippen LogP contribution is -2.39. The van der Waals surface area contributed by atoms with Crippen LogP contribution in [0.25, 0.3) is 11.1 Å². The fraction of sp³-hybridized carbons (Fsp3) is 0.350. The van der Waals surface area contributed by atoms with E-state index in [0.29, 0.717) is 19.4 Å². The van der Waals surface area contributed by atoms with Crippen LogP contribution in [0.1, 0.15) is 46.1 Å². The molecule has 1 fully saturated rings. The Morgan fingerprint density at radius 3 is 2.76 bits per heavy atom. The minimum absolute atomic E-state index is 0.0635. The van der Waals surface area contributed by atoms with Crippen LogP contribution in [-0.4, -0.2) is 34.0 Å². The van der Waals surface area contributed by atoms with Crippen LogP contribution >= 0.6 is 0 Å². The maximum Gasteiger partial charge on any atom is 0.417 e. The predicted molar refractivity (Wildman–Crippen MR) is 95.8 cm³/mol. The Morgan fingerprint density at radius 1 is 1.28 bits per heavy atom. The standard InChI is InChI=1S/C20H17F4N3O2/c1-11-9-14(20(22,23)24)16-17(26-29-18(16)25-11)12-5-4-8-27(10-12)19(28)13-6-2-3-7-15(13)21/h2-3,6-7,9,12H,4-5,8,10H2,1H3/t12-/m0/s1. The average Bonchev–Trinajstić information content (AvgIpc) is 3.10. The second kappa shape index (κ2) is 7.13. The molecule has 9 heteroatoms. The lowest BCUT2D eigenvalue weighted by Gasteiger charge is -2.32. The second-order valence-corrected chi connectivity index (χ2v) is 7.13. The normalized spacial score (nSPS) is 17.7. The highest BCUT2D eigenvalue weighted by molar-refractivity contribution is 5.94. The minimum atomic E-state index is -4.59. The molecule has 0 spiro atoms. The van der Waals surface area contributed by atoms with Gasteiger partial charge in [0, 0.05) is 24.7 Å². The van der Waals surface area contributed by atoms with Crippen LogP contribution in [0.15, 0.2) is 34.9 Å². The fourth-order valence-electron chi connectivity index (χ4n) is 3.79. The number of piperidine rings is 1. The van der Waals surface area contributed by atoms with Gasteiger partial charge in [-0.2, -0.15) is 13.2 Å². The van der Waals surface area contributed by atoms with E-state index in [4.69, 9.17) is 4.52 Å². The quantitative estimate of drug-likeness (QED) is 0.578. The number of carbonyl (C=O) groups is 1. The van der Waals surface area contributed by atoms with E-state index in [1.165, 1.54) is 30.0 Å². The zero-order chi connectivity index (χ0) is 20.8. The summed E-state index contributed by atoms with van der Waals surface area (Å²) in [7, 11) is 0. The van der Waals surface area contributed by atoms with Gasteiger partial charge in [0.1, 0.15) is 5.82 Å². The Morgan fingerprint density at radius 2 is 2.03 bits per heavy atom. The Bertz CT molecular complexity index is 1080. The zero-order valence-electron chi connectivity index (χ0n) is 15.5. The van der Waals surface area contributed by atoms with E-state index in [1.54, 1.807) is 6.07 Å². The summed E-state index contributed by atoms with van der Waals surface area (Å²) in [6, 6.07) is 6.60. The number of benzene rings is 1. The maximum atomic E-state index is 14.0. The molecule has 4 rings (SSSR count). The number of halogens is 4. The lowest BCUT2D eigenvalue weighted by atomic mass is 9.91. The van der Waals surface area contributed by atoms with Gasteiger partial charge in [0.25, 0.3) is 11.6 Å². The van der Waals surface area contributed by atoms with Crippen LogP contribution < -0.4 is 0 Å². The summed E-state index contributed by atoms with van der Waals surface area (Å²) in [5, 5.41) is 3.70. The van der Waals surface area contributed by atoms with Crippen molar-refractivity contribution in [2.24, 2.45) is 0 Å². The number of hydrogen-bond acceptors (Lipinski definition) is 4. The summed E-state index contributed by atoms with van der Waals surface area (Å²) in [4.78, 5) is 18.2. The van der Waals surface area contributed by atoms with E-state index in [0.717, 1.165) is 6.07 Å². The maximum absolute atomic E-state index is 14.0. The smallest absolute Gasteiger partial charge is 0.338 e. The molecule has 3 heterocycles. The van der Waals surface area contributed by atoms with Crippen LogP contribution in [0.5, 0.6) is 0 Å². The summed E-state index contributed by atoms with van der Waals surface area (Å²) in [6.07, 6.45) is -3.50. The van der Waals surface area contributed by atoms with Crippen molar-refractivity contribution in [1.29, 1.82) is 0 Å². The molecule has 1 amide bonds. The number of nitrogens with zero attached hydrogens (tertiary/aromatic N) is 3. The third-order valence-corrected chi connectivity index (χ3v) is 5.11. The number of amides is 1. The molecule has 0 radical (unpaired) electrons. The van der Waals surface area contributed by atoms with Crippen molar-refractivity contribution in [1.82, 2.24) is 15.0 Å². The van der Waals surface area contributed by atoms with Crippen LogP contribution in [0.4, 0.5) is 17.6 Å². The number of carbonyl (C=O) groups excluding carboxylic acids is 1. The SMILES string of the molecule is Cc1cc(C(F)(F)F)c2c([C@H]3CCCN(C(=O)c4ccccc4F)C3)noc2n1. The van der Waals surface area contributed by atoms with Crippen molar-refractivity contribution in [3.8, 4) is 0 Å². The van der Waals surface area contributed by atoms with E-state index >= 15 is 0 Å². The molecule has 0 unspecified atom stereocenters. The van der Waals surface area contributed by atoms with Gasteiger partial charge in [-0.25, -0.2) is 9.37 Å². The van der Waals surface area contributed by atoms with Gasteiger partial charge in [0.2, 0.25) is 0 Å². The van der Waals surface area contributed by atoms with Crippen LogP contribution in [0.2, 0.25) is 0 Å². The minimum Gasteiger partial charge on any atom is -0.338 e. The van der Waals surface area contributed by atoms with E-state index < -0.39 is 29.4 Å². The first-order chi connectivity index (χ1) is 13.8. The fourth-order valence-corrected chi connectivity index (χ4v) is 3.79. The molecular weight excluding hydrogens is 390 g/mol. The molecule has 1 saturated heterocycles. The molecule has 0 aliphatic carbocycles. The Kier molecular flexibility index (Phi) is 4.76. The molecule has 1 aromatic carbocycles. The first-order valence-corrected chi connectivity index (χ1v) is 9.13. The first kappa shape index (κ1) is 19.4. The van der Waals surface area contributed by atoms with Gasteiger partial charge < -0.3 is 9.42 Å². The Balaban J connectivity index is 1.70. The number of aromatic nitrogens is 2. The molecule has 1 aliphatic rings. The van der Waals surface area contributed by atoms with Gasteiger partial charge in [0.15, 0.2) is 0 Å². The summed E-state index contributed by atoms with van der Waals surface area (Å²) in [5.41, 5.74) is -0.788. The largest absolute Gasteiger partial charge is 0.417 e.